The lowest BCUT2D eigenvalue weighted by molar-refractivity contribution is 0.669. The monoisotopic (exact) mass is 658 g/mol. The lowest BCUT2D eigenvalue weighted by atomic mass is 9.99. The summed E-state index contributed by atoms with van der Waals surface area (Å²) in [4.78, 5) is 4.71. The Morgan fingerprint density at radius 2 is 0.920 bits per heavy atom. The molecule has 4 heteroatoms. The average molecular weight is 659 g/mol. The van der Waals surface area contributed by atoms with Crippen LogP contribution >= 0.6 is 11.3 Å². The molecule has 236 valence electrons. The molecule has 3 nitrogen and oxygen atoms in total. The Morgan fingerprint density at radius 3 is 1.62 bits per heavy atom. The van der Waals surface area contributed by atoms with Crippen LogP contribution in [0.15, 0.2) is 186 Å². The first kappa shape index (κ1) is 28.6. The van der Waals surface area contributed by atoms with E-state index in [1.54, 1.807) is 0 Å². The topological polar surface area (TPSA) is 19.6 Å². The van der Waals surface area contributed by atoms with Gasteiger partial charge in [-0.3, -0.25) is 0 Å². The second kappa shape index (κ2) is 11.7. The lowest BCUT2D eigenvalue weighted by Gasteiger charge is -2.28. The van der Waals surface area contributed by atoms with Gasteiger partial charge in [0.2, 0.25) is 0 Å². The average Bonchev–Trinajstić information content (AvgIpc) is 3.75. The second-order valence-corrected chi connectivity index (χ2v) is 13.6. The molecule has 0 atom stereocenters. The molecule has 0 aliphatic carbocycles. The molecule has 8 aromatic carbocycles. The second-order valence-electron chi connectivity index (χ2n) is 12.5. The Kier molecular flexibility index (Phi) is 6.68. The van der Waals surface area contributed by atoms with E-state index in [-0.39, 0.29) is 0 Å². The highest BCUT2D eigenvalue weighted by Crippen LogP contribution is 2.49. The molecule has 0 fully saturated rings. The fraction of sp³-hybridized carbons (Fsp3) is 0. The third-order valence-electron chi connectivity index (χ3n) is 9.60. The van der Waals surface area contributed by atoms with Crippen LogP contribution in [0.25, 0.3) is 52.9 Å². The van der Waals surface area contributed by atoms with Crippen molar-refractivity contribution in [2.75, 3.05) is 9.80 Å². The molecule has 0 radical (unpaired) electrons. The van der Waals surface area contributed by atoms with Gasteiger partial charge in [0, 0.05) is 65.1 Å². The molecular formula is C46H30N2OS. The van der Waals surface area contributed by atoms with Gasteiger partial charge >= 0.3 is 0 Å². The van der Waals surface area contributed by atoms with Gasteiger partial charge in [-0.2, -0.15) is 0 Å². The van der Waals surface area contributed by atoms with Crippen molar-refractivity contribution in [1.29, 1.82) is 0 Å². The van der Waals surface area contributed by atoms with E-state index in [4.69, 9.17) is 4.42 Å². The van der Waals surface area contributed by atoms with Crippen molar-refractivity contribution < 1.29 is 4.42 Å². The summed E-state index contributed by atoms with van der Waals surface area (Å²) in [5.74, 6) is 0. The smallest absolute Gasteiger partial charge is 0.138 e. The summed E-state index contributed by atoms with van der Waals surface area (Å²) in [6.07, 6.45) is 0. The molecule has 2 aromatic heterocycles. The highest BCUT2D eigenvalue weighted by atomic mass is 32.1. The molecule has 10 rings (SSSR count). The molecule has 0 bridgehead atoms. The minimum atomic E-state index is 0.861. The highest BCUT2D eigenvalue weighted by Gasteiger charge is 2.23. The maximum atomic E-state index is 6.77. The van der Waals surface area contributed by atoms with E-state index in [1.165, 1.54) is 20.2 Å². The van der Waals surface area contributed by atoms with E-state index in [1.807, 2.05) is 11.3 Å². The molecule has 0 aliphatic rings. The Morgan fingerprint density at radius 1 is 0.340 bits per heavy atom. The van der Waals surface area contributed by atoms with E-state index in [0.717, 1.165) is 66.8 Å². The summed E-state index contributed by atoms with van der Waals surface area (Å²) in [5.41, 5.74) is 8.34. The van der Waals surface area contributed by atoms with Crippen molar-refractivity contribution >= 4 is 98.3 Å². The standard InChI is InChI=1S/C46H30N2OS/c1-4-15-31(16-5-1)47(32-17-6-2-7-18-32)34-27-28-41-38(29-34)45-36-22-11-10-21-35(36)40(30-42(45)49-41)48(33-19-8-3-9-20-33)39-24-14-26-44-46(39)37-23-12-13-25-43(37)50-44/h1-30H. The fourth-order valence-electron chi connectivity index (χ4n) is 7.46. The summed E-state index contributed by atoms with van der Waals surface area (Å²) in [6.45, 7) is 0. The molecule has 0 aliphatic heterocycles. The molecule has 0 saturated heterocycles. The maximum Gasteiger partial charge on any atom is 0.138 e. The summed E-state index contributed by atoms with van der Waals surface area (Å²) in [5, 5.41) is 7.06. The molecule has 0 spiro atoms. The van der Waals surface area contributed by atoms with Gasteiger partial charge in [0.05, 0.1) is 11.4 Å². The normalized spacial score (nSPS) is 11.6. The van der Waals surface area contributed by atoms with Crippen molar-refractivity contribution in [3.8, 4) is 0 Å². The molecule has 0 unspecified atom stereocenters. The highest BCUT2D eigenvalue weighted by molar-refractivity contribution is 7.26. The van der Waals surface area contributed by atoms with Crippen LogP contribution in [0.1, 0.15) is 0 Å². The summed E-state index contributed by atoms with van der Waals surface area (Å²) >= 11 is 1.84. The van der Waals surface area contributed by atoms with Crippen LogP contribution in [0, 0.1) is 0 Å². The largest absolute Gasteiger partial charge is 0.456 e. The number of hydrogen-bond acceptors (Lipinski definition) is 4. The van der Waals surface area contributed by atoms with Gasteiger partial charge in [-0.15, -0.1) is 11.3 Å². The number of furan rings is 1. The van der Waals surface area contributed by atoms with E-state index in [0.29, 0.717) is 0 Å². The van der Waals surface area contributed by atoms with Crippen LogP contribution in [-0.2, 0) is 0 Å². The Labute approximate surface area is 293 Å². The first-order valence-corrected chi connectivity index (χ1v) is 17.7. The van der Waals surface area contributed by atoms with Crippen LogP contribution in [-0.4, -0.2) is 0 Å². The van der Waals surface area contributed by atoms with Crippen molar-refractivity contribution in [3.05, 3.63) is 182 Å². The molecular weight excluding hydrogens is 629 g/mol. The zero-order valence-electron chi connectivity index (χ0n) is 27.0. The number of hydrogen-bond donors (Lipinski definition) is 0. The van der Waals surface area contributed by atoms with E-state index in [2.05, 4.69) is 192 Å². The SMILES string of the molecule is c1ccc(N(c2ccccc2)c2ccc3oc4cc(N(c5ccccc5)c5cccc6sc7ccccc7c56)c5ccccc5c4c3c2)cc1. The molecule has 0 saturated carbocycles. The van der Waals surface area contributed by atoms with Crippen molar-refractivity contribution in [3.63, 3.8) is 0 Å². The van der Waals surface area contributed by atoms with Crippen LogP contribution in [0.3, 0.4) is 0 Å². The Bertz CT molecular complexity index is 2780. The quantitative estimate of drug-likeness (QED) is 0.177. The van der Waals surface area contributed by atoms with E-state index >= 15 is 0 Å². The third-order valence-corrected chi connectivity index (χ3v) is 10.7. The van der Waals surface area contributed by atoms with Crippen LogP contribution in [0.4, 0.5) is 34.1 Å². The van der Waals surface area contributed by atoms with Gasteiger partial charge in [0.15, 0.2) is 0 Å². The Hall–Kier alpha value is -6.36. The zero-order chi connectivity index (χ0) is 33.0. The number of nitrogens with zero attached hydrogens (tertiary/aromatic N) is 2. The van der Waals surface area contributed by atoms with Crippen LogP contribution in [0.5, 0.6) is 0 Å². The van der Waals surface area contributed by atoms with Crippen LogP contribution in [0.2, 0.25) is 0 Å². The number of anilines is 6. The predicted octanol–water partition coefficient (Wildman–Crippen LogP) is 14.0. The lowest BCUT2D eigenvalue weighted by Crippen LogP contribution is -2.10. The number of thiophene rings is 1. The summed E-state index contributed by atoms with van der Waals surface area (Å²) < 4.78 is 9.33. The predicted molar refractivity (Wildman–Crippen MR) is 213 cm³/mol. The zero-order valence-corrected chi connectivity index (χ0v) is 27.8. The number of fused-ring (bicyclic) bond motifs is 8. The minimum absolute atomic E-state index is 0.861. The first-order chi connectivity index (χ1) is 24.8. The molecule has 0 amide bonds. The Balaban J connectivity index is 1.24. The number of benzene rings is 8. The minimum Gasteiger partial charge on any atom is -0.456 e. The van der Waals surface area contributed by atoms with Gasteiger partial charge in [-0.05, 0) is 78.2 Å². The maximum absolute atomic E-state index is 6.77. The molecule has 0 N–H and O–H groups in total. The van der Waals surface area contributed by atoms with E-state index in [9.17, 15) is 0 Å². The van der Waals surface area contributed by atoms with E-state index < -0.39 is 0 Å². The van der Waals surface area contributed by atoms with Gasteiger partial charge in [0.1, 0.15) is 11.2 Å². The van der Waals surface area contributed by atoms with Crippen molar-refractivity contribution in [2.45, 2.75) is 0 Å². The third kappa shape index (κ3) is 4.57. The van der Waals surface area contributed by atoms with Gasteiger partial charge in [0.25, 0.3) is 0 Å². The number of rotatable bonds is 6. The fourth-order valence-corrected chi connectivity index (χ4v) is 8.59. The van der Waals surface area contributed by atoms with Gasteiger partial charge in [-0.1, -0.05) is 103 Å². The van der Waals surface area contributed by atoms with Crippen molar-refractivity contribution in [2.24, 2.45) is 0 Å². The van der Waals surface area contributed by atoms with Crippen LogP contribution < -0.4 is 9.80 Å². The molecule has 50 heavy (non-hydrogen) atoms. The molecule has 2 heterocycles. The number of para-hydroxylation sites is 3. The summed E-state index contributed by atoms with van der Waals surface area (Å²) in [6, 6.07) is 64.7. The first-order valence-electron chi connectivity index (χ1n) is 16.9. The van der Waals surface area contributed by atoms with Crippen molar-refractivity contribution in [1.82, 2.24) is 0 Å². The van der Waals surface area contributed by atoms with Gasteiger partial charge < -0.3 is 14.2 Å². The summed E-state index contributed by atoms with van der Waals surface area (Å²) in [7, 11) is 0. The van der Waals surface area contributed by atoms with Gasteiger partial charge in [-0.25, -0.2) is 0 Å². The molecule has 10 aromatic rings.